The van der Waals surface area contributed by atoms with Gasteiger partial charge in [0.05, 0.1) is 10.9 Å². The quantitative estimate of drug-likeness (QED) is 0.804. The molecule has 1 aliphatic heterocycles. The molecule has 0 bridgehead atoms. The Bertz CT molecular complexity index is 585. The summed E-state index contributed by atoms with van der Waals surface area (Å²) < 4.78 is 26.7. The van der Waals surface area contributed by atoms with Gasteiger partial charge >= 0.3 is 0 Å². The van der Waals surface area contributed by atoms with Crippen LogP contribution in [0, 0.1) is 0 Å². The smallest absolute Gasteiger partial charge is 0.250 e. The zero-order chi connectivity index (χ0) is 14.8. The summed E-state index contributed by atoms with van der Waals surface area (Å²) in [6.07, 6.45) is 0.884. The Morgan fingerprint density at radius 2 is 2.29 bits per heavy atom. The molecule has 0 aliphatic carbocycles. The Balaban J connectivity index is 0.00000220. The molecule has 1 fully saturated rings. The second-order valence-corrected chi connectivity index (χ2v) is 8.24. The molecule has 10 heteroatoms. The monoisotopic (exact) mass is 373 g/mol. The van der Waals surface area contributed by atoms with E-state index in [1.807, 2.05) is 0 Å². The van der Waals surface area contributed by atoms with Crippen LogP contribution >= 0.6 is 35.3 Å². The van der Waals surface area contributed by atoms with Gasteiger partial charge in [-0.15, -0.1) is 23.7 Å². The number of nitrogens with zero attached hydrogens (tertiary/aromatic N) is 1. The molecule has 2 heterocycles. The molecular weight excluding hydrogens is 357 g/mol. The van der Waals surface area contributed by atoms with Crippen LogP contribution in [-0.2, 0) is 14.8 Å². The molecule has 1 amide bonds. The third-order valence-electron chi connectivity index (χ3n) is 3.20. The number of carbonyl (C=O) groups excluding carboxylic acids is 1. The average Bonchev–Trinajstić information content (AvgIpc) is 3.06. The van der Waals surface area contributed by atoms with Gasteiger partial charge in [0.2, 0.25) is 5.91 Å². The normalized spacial score (nSPS) is 18.3. The summed E-state index contributed by atoms with van der Waals surface area (Å²) in [4.78, 5) is 13.5. The van der Waals surface area contributed by atoms with Crippen LogP contribution in [0.3, 0.4) is 0 Å². The van der Waals surface area contributed by atoms with Gasteiger partial charge in [0.1, 0.15) is 4.21 Å². The molecule has 2 rings (SSSR count). The Kier molecular flexibility index (Phi) is 6.89. The van der Waals surface area contributed by atoms with Gasteiger partial charge in [0.15, 0.2) is 0 Å². The van der Waals surface area contributed by atoms with Crippen LogP contribution in [0.5, 0.6) is 0 Å². The second-order valence-electron chi connectivity index (χ2n) is 4.53. The van der Waals surface area contributed by atoms with Crippen molar-refractivity contribution in [2.24, 2.45) is 0 Å². The lowest BCUT2D eigenvalue weighted by Gasteiger charge is -2.23. The zero-order valence-corrected chi connectivity index (χ0v) is 14.5. The molecule has 1 atom stereocenters. The van der Waals surface area contributed by atoms with Crippen LogP contribution < -0.4 is 10.0 Å². The molecule has 0 spiro atoms. The van der Waals surface area contributed by atoms with Crippen LogP contribution in [0.2, 0.25) is 4.34 Å². The molecule has 21 heavy (non-hydrogen) atoms. The number of halogens is 2. The Morgan fingerprint density at radius 3 is 2.81 bits per heavy atom. The van der Waals surface area contributed by atoms with E-state index in [0.717, 1.165) is 30.8 Å². The number of hydrogen-bond acceptors (Lipinski definition) is 5. The van der Waals surface area contributed by atoms with Gasteiger partial charge in [-0.1, -0.05) is 11.6 Å². The first-order valence-corrected chi connectivity index (χ1v) is 8.79. The van der Waals surface area contributed by atoms with Gasteiger partial charge in [-0.3, -0.25) is 4.79 Å². The third-order valence-corrected chi connectivity index (χ3v) is 6.33. The summed E-state index contributed by atoms with van der Waals surface area (Å²) in [6, 6.07) is 3.06. The largest absolute Gasteiger partial charge is 0.340 e. The van der Waals surface area contributed by atoms with E-state index in [1.54, 1.807) is 11.9 Å². The first-order chi connectivity index (χ1) is 9.40. The van der Waals surface area contributed by atoms with Crippen molar-refractivity contribution >= 4 is 51.3 Å². The van der Waals surface area contributed by atoms with Gasteiger partial charge in [-0.2, -0.15) is 0 Å². The summed E-state index contributed by atoms with van der Waals surface area (Å²) in [5.74, 6) is -0.245. The molecule has 2 N–H and O–H groups in total. The molecular formula is C11H17Cl2N3O3S2. The van der Waals surface area contributed by atoms with Crippen molar-refractivity contribution in [3.63, 3.8) is 0 Å². The summed E-state index contributed by atoms with van der Waals surface area (Å²) >= 11 is 6.67. The zero-order valence-electron chi connectivity index (χ0n) is 11.3. The number of sulfonamides is 1. The lowest BCUT2D eigenvalue weighted by molar-refractivity contribution is -0.130. The molecule has 1 aromatic rings. The maximum atomic E-state index is 12.0. The standard InChI is InChI=1S/C11H16ClN3O3S2.ClH/c1-15(8-4-5-13-6-8)10(16)7-14-20(17,18)11-3-2-9(12)19-11;/h2-3,8,13-14H,4-7H2,1H3;1H. The maximum Gasteiger partial charge on any atom is 0.250 e. The summed E-state index contributed by atoms with van der Waals surface area (Å²) in [6.45, 7) is 1.38. The topological polar surface area (TPSA) is 78.5 Å². The molecule has 1 aromatic heterocycles. The van der Waals surface area contributed by atoms with Crippen LogP contribution in [-0.4, -0.2) is 51.9 Å². The van der Waals surface area contributed by atoms with E-state index in [9.17, 15) is 13.2 Å². The molecule has 1 aliphatic rings. The van der Waals surface area contributed by atoms with Gasteiger partial charge in [-0.05, 0) is 25.1 Å². The number of nitrogens with one attached hydrogen (secondary N) is 2. The summed E-state index contributed by atoms with van der Waals surface area (Å²) in [7, 11) is -1.98. The lowest BCUT2D eigenvalue weighted by atomic mass is 10.2. The number of amides is 1. The fraction of sp³-hybridized carbons (Fsp3) is 0.545. The van der Waals surface area contributed by atoms with Gasteiger partial charge in [0.25, 0.3) is 10.0 Å². The predicted molar refractivity (Wildman–Crippen MR) is 85.8 cm³/mol. The number of thiophene rings is 1. The van der Waals surface area contributed by atoms with Gasteiger partial charge in [0, 0.05) is 19.6 Å². The van der Waals surface area contributed by atoms with Crippen LogP contribution in [0.1, 0.15) is 6.42 Å². The highest BCUT2D eigenvalue weighted by molar-refractivity contribution is 7.91. The van der Waals surface area contributed by atoms with Crippen molar-refractivity contribution in [2.45, 2.75) is 16.7 Å². The Hall–Kier alpha value is -0.380. The fourth-order valence-electron chi connectivity index (χ4n) is 1.97. The van der Waals surface area contributed by atoms with E-state index in [1.165, 1.54) is 12.1 Å². The average molecular weight is 374 g/mol. The highest BCUT2D eigenvalue weighted by Gasteiger charge is 2.24. The number of rotatable bonds is 5. The minimum atomic E-state index is -3.67. The minimum Gasteiger partial charge on any atom is -0.340 e. The lowest BCUT2D eigenvalue weighted by Crippen LogP contribution is -2.44. The van der Waals surface area contributed by atoms with Crippen molar-refractivity contribution in [2.75, 3.05) is 26.7 Å². The Labute approximate surface area is 139 Å². The molecule has 0 aromatic carbocycles. The van der Waals surface area contributed by atoms with E-state index < -0.39 is 10.0 Å². The first kappa shape index (κ1) is 18.7. The highest BCUT2D eigenvalue weighted by atomic mass is 35.5. The van der Waals surface area contributed by atoms with Crippen molar-refractivity contribution in [1.82, 2.24) is 14.9 Å². The molecule has 1 saturated heterocycles. The SMILES string of the molecule is CN(C(=O)CNS(=O)(=O)c1ccc(Cl)s1)C1CCNC1.Cl. The van der Waals surface area contributed by atoms with Crippen molar-refractivity contribution in [1.29, 1.82) is 0 Å². The summed E-state index contributed by atoms with van der Waals surface area (Å²) in [5.41, 5.74) is 0. The second kappa shape index (κ2) is 7.75. The fourth-order valence-corrected chi connectivity index (χ4v) is 4.47. The predicted octanol–water partition coefficient (Wildman–Crippen LogP) is 0.922. The van der Waals surface area contributed by atoms with E-state index >= 15 is 0 Å². The molecule has 6 nitrogen and oxygen atoms in total. The van der Waals surface area contributed by atoms with Crippen molar-refractivity contribution in [3.05, 3.63) is 16.5 Å². The van der Waals surface area contributed by atoms with E-state index in [2.05, 4.69) is 10.0 Å². The van der Waals surface area contributed by atoms with Crippen LogP contribution in [0.4, 0.5) is 0 Å². The van der Waals surface area contributed by atoms with Gasteiger partial charge in [-0.25, -0.2) is 13.1 Å². The molecule has 0 radical (unpaired) electrons. The van der Waals surface area contributed by atoms with Crippen LogP contribution in [0.15, 0.2) is 16.3 Å². The number of hydrogen-bond donors (Lipinski definition) is 2. The Morgan fingerprint density at radius 1 is 1.57 bits per heavy atom. The minimum absolute atomic E-state index is 0. The summed E-state index contributed by atoms with van der Waals surface area (Å²) in [5, 5.41) is 3.16. The highest BCUT2D eigenvalue weighted by Crippen LogP contribution is 2.25. The van der Waals surface area contributed by atoms with E-state index in [4.69, 9.17) is 11.6 Å². The number of likely N-dealkylation sites (N-methyl/N-ethyl adjacent to an activating group) is 1. The molecule has 120 valence electrons. The van der Waals surface area contributed by atoms with Gasteiger partial charge < -0.3 is 10.2 Å². The third kappa shape index (κ3) is 4.80. The van der Waals surface area contributed by atoms with Crippen molar-refractivity contribution in [3.8, 4) is 0 Å². The number of carbonyl (C=O) groups is 1. The first-order valence-electron chi connectivity index (χ1n) is 6.11. The molecule has 1 unspecified atom stereocenters. The molecule has 0 saturated carbocycles. The van der Waals surface area contributed by atoms with Crippen LogP contribution in [0.25, 0.3) is 0 Å². The van der Waals surface area contributed by atoms with Crippen molar-refractivity contribution < 1.29 is 13.2 Å². The van der Waals surface area contributed by atoms with E-state index in [0.29, 0.717) is 4.34 Å². The maximum absolute atomic E-state index is 12.0. The van der Waals surface area contributed by atoms with E-state index in [-0.39, 0.29) is 35.1 Å².